The van der Waals surface area contributed by atoms with E-state index in [0.29, 0.717) is 11.3 Å². The predicted molar refractivity (Wildman–Crippen MR) is 64.3 cm³/mol. The Morgan fingerprint density at radius 1 is 1.31 bits per heavy atom. The Morgan fingerprint density at radius 3 is 2.50 bits per heavy atom. The summed E-state index contributed by atoms with van der Waals surface area (Å²) in [5.41, 5.74) is 1.76. The van der Waals surface area contributed by atoms with Gasteiger partial charge < -0.3 is 4.74 Å². The van der Waals surface area contributed by atoms with Crippen molar-refractivity contribution in [2.24, 2.45) is 0 Å². The van der Waals surface area contributed by atoms with Crippen LogP contribution in [0.25, 0.3) is 0 Å². The van der Waals surface area contributed by atoms with Gasteiger partial charge in [0.05, 0.1) is 12.7 Å². The molecule has 3 heteroatoms. The first-order valence-electron chi connectivity index (χ1n) is 5.54. The maximum Gasteiger partial charge on any atom is 0.136 e. The number of hydrogen-bond acceptors (Lipinski definition) is 3. The molecule has 0 bridgehead atoms. The highest BCUT2D eigenvalue weighted by Crippen LogP contribution is 2.19. The van der Waals surface area contributed by atoms with E-state index in [4.69, 9.17) is 10.00 Å². The van der Waals surface area contributed by atoms with Gasteiger partial charge in [0.2, 0.25) is 0 Å². The van der Waals surface area contributed by atoms with Crippen molar-refractivity contribution < 1.29 is 4.74 Å². The standard InChI is InChI=1S/C13H18N2O/c1-4-15(5-2)10-11-6-7-13(16-3)12(8-11)9-14/h6-8H,4-5,10H2,1-3H3. The predicted octanol–water partition coefficient (Wildman–Crippen LogP) is 2.41. The second kappa shape index (κ2) is 6.14. The quantitative estimate of drug-likeness (QED) is 0.761. The van der Waals surface area contributed by atoms with E-state index in [-0.39, 0.29) is 0 Å². The first-order valence-corrected chi connectivity index (χ1v) is 5.54. The zero-order valence-electron chi connectivity index (χ0n) is 10.2. The lowest BCUT2D eigenvalue weighted by molar-refractivity contribution is 0.295. The minimum atomic E-state index is 0.604. The number of rotatable bonds is 5. The molecule has 0 radical (unpaired) electrons. The van der Waals surface area contributed by atoms with Crippen molar-refractivity contribution in [3.63, 3.8) is 0 Å². The Balaban J connectivity index is 2.87. The van der Waals surface area contributed by atoms with Gasteiger partial charge in [0.15, 0.2) is 0 Å². The van der Waals surface area contributed by atoms with E-state index >= 15 is 0 Å². The van der Waals surface area contributed by atoms with Gasteiger partial charge in [-0.2, -0.15) is 5.26 Å². The largest absolute Gasteiger partial charge is 0.495 e. The van der Waals surface area contributed by atoms with Crippen LogP contribution >= 0.6 is 0 Å². The molecule has 0 aliphatic rings. The maximum atomic E-state index is 8.98. The number of nitrogens with zero attached hydrogens (tertiary/aromatic N) is 2. The van der Waals surface area contributed by atoms with Crippen LogP contribution in [0.1, 0.15) is 25.0 Å². The molecule has 1 aromatic carbocycles. The van der Waals surface area contributed by atoms with Gasteiger partial charge in [-0.1, -0.05) is 19.9 Å². The molecule has 3 nitrogen and oxygen atoms in total. The highest BCUT2D eigenvalue weighted by molar-refractivity contribution is 5.45. The maximum absolute atomic E-state index is 8.98. The third-order valence-corrected chi connectivity index (χ3v) is 2.68. The van der Waals surface area contributed by atoms with Gasteiger partial charge in [0.25, 0.3) is 0 Å². The van der Waals surface area contributed by atoms with E-state index < -0.39 is 0 Å². The zero-order valence-corrected chi connectivity index (χ0v) is 10.2. The lowest BCUT2D eigenvalue weighted by Crippen LogP contribution is -2.22. The van der Waals surface area contributed by atoms with Crippen molar-refractivity contribution in [2.75, 3.05) is 20.2 Å². The second-order valence-corrected chi connectivity index (χ2v) is 3.61. The van der Waals surface area contributed by atoms with Gasteiger partial charge >= 0.3 is 0 Å². The first kappa shape index (κ1) is 12.5. The fourth-order valence-corrected chi connectivity index (χ4v) is 1.65. The van der Waals surface area contributed by atoms with Gasteiger partial charge in [0.1, 0.15) is 11.8 Å². The SMILES string of the molecule is CCN(CC)Cc1ccc(OC)c(C#N)c1. The first-order chi connectivity index (χ1) is 7.74. The lowest BCUT2D eigenvalue weighted by atomic mass is 10.1. The Morgan fingerprint density at radius 2 is 2.00 bits per heavy atom. The molecular weight excluding hydrogens is 200 g/mol. The number of nitriles is 1. The second-order valence-electron chi connectivity index (χ2n) is 3.61. The van der Waals surface area contributed by atoms with Crippen LogP contribution in [-0.4, -0.2) is 25.1 Å². The number of benzene rings is 1. The van der Waals surface area contributed by atoms with Crippen molar-refractivity contribution in [1.82, 2.24) is 4.90 Å². The molecule has 1 aromatic rings. The Hall–Kier alpha value is -1.53. The highest BCUT2D eigenvalue weighted by Gasteiger charge is 2.06. The summed E-state index contributed by atoms with van der Waals surface area (Å²) >= 11 is 0. The zero-order chi connectivity index (χ0) is 12.0. The summed E-state index contributed by atoms with van der Waals surface area (Å²) in [6.45, 7) is 7.19. The van der Waals surface area contributed by atoms with Crippen LogP contribution in [0.4, 0.5) is 0 Å². The van der Waals surface area contributed by atoms with Crippen LogP contribution in [-0.2, 0) is 6.54 Å². The third kappa shape index (κ3) is 2.98. The van der Waals surface area contributed by atoms with Crippen molar-refractivity contribution in [3.8, 4) is 11.8 Å². The normalized spacial score (nSPS) is 10.2. The Bertz CT molecular complexity index is 378. The molecule has 0 spiro atoms. The van der Waals surface area contributed by atoms with Gasteiger partial charge in [-0.05, 0) is 30.8 Å². The average molecular weight is 218 g/mol. The average Bonchev–Trinajstić information content (AvgIpc) is 2.35. The van der Waals surface area contributed by atoms with Gasteiger partial charge in [-0.25, -0.2) is 0 Å². The summed E-state index contributed by atoms with van der Waals surface area (Å²) in [5, 5.41) is 8.98. The molecular formula is C13H18N2O. The molecule has 0 heterocycles. The summed E-state index contributed by atoms with van der Waals surface area (Å²) in [6.07, 6.45) is 0. The topological polar surface area (TPSA) is 36.3 Å². The van der Waals surface area contributed by atoms with Crippen molar-refractivity contribution >= 4 is 0 Å². The molecule has 0 aliphatic carbocycles. The fraction of sp³-hybridized carbons (Fsp3) is 0.462. The van der Waals surface area contributed by atoms with E-state index in [1.807, 2.05) is 18.2 Å². The van der Waals surface area contributed by atoms with Gasteiger partial charge in [-0.15, -0.1) is 0 Å². The van der Waals surface area contributed by atoms with Crippen molar-refractivity contribution in [2.45, 2.75) is 20.4 Å². The van der Waals surface area contributed by atoms with Crippen LogP contribution in [0, 0.1) is 11.3 Å². The lowest BCUT2D eigenvalue weighted by Gasteiger charge is -2.18. The Labute approximate surface area is 97.3 Å². The van der Waals surface area contributed by atoms with E-state index in [2.05, 4.69) is 24.8 Å². The van der Waals surface area contributed by atoms with Crippen molar-refractivity contribution in [3.05, 3.63) is 29.3 Å². The molecule has 0 aliphatic heterocycles. The van der Waals surface area contributed by atoms with Crippen LogP contribution < -0.4 is 4.74 Å². The monoisotopic (exact) mass is 218 g/mol. The minimum absolute atomic E-state index is 0.604. The summed E-state index contributed by atoms with van der Waals surface area (Å²) < 4.78 is 5.11. The van der Waals surface area contributed by atoms with Gasteiger partial charge in [0, 0.05) is 6.54 Å². The molecule has 0 atom stereocenters. The van der Waals surface area contributed by atoms with E-state index in [9.17, 15) is 0 Å². The molecule has 0 saturated carbocycles. The summed E-state index contributed by atoms with van der Waals surface area (Å²) in [5.74, 6) is 0.644. The van der Waals surface area contributed by atoms with E-state index in [1.54, 1.807) is 7.11 Å². The molecule has 1 rings (SSSR count). The molecule has 86 valence electrons. The Kier molecular flexibility index (Phi) is 4.81. The van der Waals surface area contributed by atoms with Gasteiger partial charge in [-0.3, -0.25) is 4.90 Å². The van der Waals surface area contributed by atoms with Crippen molar-refractivity contribution in [1.29, 1.82) is 5.26 Å². The number of methoxy groups -OCH3 is 1. The molecule has 0 amide bonds. The molecule has 0 aromatic heterocycles. The van der Waals surface area contributed by atoms with Crippen LogP contribution in [0.15, 0.2) is 18.2 Å². The van der Waals surface area contributed by atoms with E-state index in [0.717, 1.165) is 25.2 Å². The fourth-order valence-electron chi connectivity index (χ4n) is 1.65. The third-order valence-electron chi connectivity index (χ3n) is 2.68. The minimum Gasteiger partial charge on any atom is -0.495 e. The molecule has 0 unspecified atom stereocenters. The van der Waals surface area contributed by atoms with Crippen LogP contribution in [0.3, 0.4) is 0 Å². The molecule has 0 N–H and O–H groups in total. The summed E-state index contributed by atoms with van der Waals surface area (Å²) in [7, 11) is 1.58. The van der Waals surface area contributed by atoms with Crippen LogP contribution in [0.5, 0.6) is 5.75 Å². The summed E-state index contributed by atoms with van der Waals surface area (Å²) in [6, 6.07) is 7.92. The van der Waals surface area contributed by atoms with E-state index in [1.165, 1.54) is 0 Å². The molecule has 0 fully saturated rings. The molecule has 0 saturated heterocycles. The number of hydrogen-bond donors (Lipinski definition) is 0. The van der Waals surface area contributed by atoms with Crippen LogP contribution in [0.2, 0.25) is 0 Å². The molecule has 16 heavy (non-hydrogen) atoms. The smallest absolute Gasteiger partial charge is 0.136 e. The summed E-state index contributed by atoms with van der Waals surface area (Å²) in [4.78, 5) is 2.31. The number of ether oxygens (including phenoxy) is 1. The highest BCUT2D eigenvalue weighted by atomic mass is 16.5.